The third-order valence-electron chi connectivity index (χ3n) is 3.78. The molecule has 5 heteroatoms. The summed E-state index contributed by atoms with van der Waals surface area (Å²) in [5.41, 5.74) is 6.19. The molecule has 1 aliphatic rings. The Balaban J connectivity index is 2.02. The van der Waals surface area contributed by atoms with Crippen LogP contribution in [0, 0.1) is 0 Å². The van der Waals surface area contributed by atoms with Crippen molar-refractivity contribution in [1.82, 2.24) is 0 Å². The molecule has 0 amide bonds. The van der Waals surface area contributed by atoms with E-state index in [4.69, 9.17) is 10.5 Å². The largest absolute Gasteiger partial charge is 0.399 e. The van der Waals surface area contributed by atoms with Crippen molar-refractivity contribution in [3.8, 4) is 0 Å². The fourth-order valence-corrected chi connectivity index (χ4v) is 2.57. The molecule has 1 aliphatic carbocycles. The molecule has 0 saturated heterocycles. The Morgan fingerprint density at radius 2 is 1.70 bits per heavy atom. The topological polar surface area (TPSA) is 35.2 Å². The molecule has 112 valence electrons. The first-order valence-electron chi connectivity index (χ1n) is 7.00. The summed E-state index contributed by atoms with van der Waals surface area (Å²) in [5.74, 6) is -1.58. The summed E-state index contributed by atoms with van der Waals surface area (Å²) < 4.78 is 45.0. The normalized spacial score (nSPS) is 18.9. The summed E-state index contributed by atoms with van der Waals surface area (Å²) in [4.78, 5) is 0. The highest BCUT2D eigenvalue weighted by Crippen LogP contribution is 2.36. The first-order valence-corrected chi connectivity index (χ1v) is 7.00. The van der Waals surface area contributed by atoms with Crippen LogP contribution >= 0.6 is 0 Å². The van der Waals surface area contributed by atoms with Gasteiger partial charge in [0, 0.05) is 5.69 Å². The van der Waals surface area contributed by atoms with E-state index in [0.717, 1.165) is 32.1 Å². The van der Waals surface area contributed by atoms with Crippen LogP contribution in [-0.2, 0) is 4.74 Å². The van der Waals surface area contributed by atoms with E-state index in [1.165, 1.54) is 24.3 Å². The molecule has 2 nitrogen and oxygen atoms in total. The Bertz CT molecular complexity index is 410. The van der Waals surface area contributed by atoms with E-state index in [-0.39, 0.29) is 18.3 Å². The Morgan fingerprint density at radius 3 is 2.25 bits per heavy atom. The summed E-state index contributed by atoms with van der Waals surface area (Å²) in [5, 5.41) is 0. The number of benzene rings is 1. The first-order chi connectivity index (χ1) is 9.47. The minimum atomic E-state index is -4.30. The highest BCUT2D eigenvalue weighted by Gasteiger charge is 2.41. The molecule has 20 heavy (non-hydrogen) atoms. The smallest absolute Gasteiger partial charge is 0.397 e. The zero-order valence-electron chi connectivity index (χ0n) is 11.3. The highest BCUT2D eigenvalue weighted by molar-refractivity contribution is 5.40. The van der Waals surface area contributed by atoms with E-state index in [1.807, 2.05) is 0 Å². The van der Waals surface area contributed by atoms with Crippen LogP contribution < -0.4 is 5.73 Å². The molecule has 0 heterocycles. The molecule has 1 saturated carbocycles. The maximum absolute atomic E-state index is 13.1. The molecule has 1 unspecified atom stereocenters. The van der Waals surface area contributed by atoms with Crippen molar-refractivity contribution in [3.63, 3.8) is 0 Å². The molecule has 0 bridgehead atoms. The molecule has 2 N–H and O–H groups in total. The summed E-state index contributed by atoms with van der Waals surface area (Å²) in [6.45, 7) is -0.307. The second-order valence-electron chi connectivity index (χ2n) is 5.35. The maximum atomic E-state index is 13.1. The van der Waals surface area contributed by atoms with Crippen LogP contribution in [0.1, 0.15) is 43.6 Å². The predicted octanol–water partition coefficient (Wildman–Crippen LogP) is 4.26. The van der Waals surface area contributed by atoms with Crippen LogP contribution in [0.4, 0.5) is 18.9 Å². The zero-order chi connectivity index (χ0) is 14.6. The van der Waals surface area contributed by atoms with Crippen LogP contribution in [0.3, 0.4) is 0 Å². The van der Waals surface area contributed by atoms with Crippen LogP contribution in [-0.4, -0.2) is 18.9 Å². The van der Waals surface area contributed by atoms with Crippen molar-refractivity contribution in [3.05, 3.63) is 29.8 Å². The van der Waals surface area contributed by atoms with Crippen LogP contribution in [0.25, 0.3) is 0 Å². The van der Waals surface area contributed by atoms with Gasteiger partial charge in [-0.3, -0.25) is 0 Å². The summed E-state index contributed by atoms with van der Waals surface area (Å²) in [7, 11) is 0. The lowest BCUT2D eigenvalue weighted by atomic mass is 9.96. The van der Waals surface area contributed by atoms with E-state index in [1.54, 1.807) is 0 Å². The molecule has 1 aromatic rings. The second-order valence-corrected chi connectivity index (χ2v) is 5.35. The van der Waals surface area contributed by atoms with E-state index < -0.39 is 12.1 Å². The Kier molecular flexibility index (Phi) is 4.91. The Hall–Kier alpha value is -1.23. The highest BCUT2D eigenvalue weighted by atomic mass is 19.4. The van der Waals surface area contributed by atoms with Gasteiger partial charge >= 0.3 is 6.18 Å². The number of ether oxygens (including phenoxy) is 1. The fraction of sp³-hybridized carbons (Fsp3) is 0.600. The number of hydrogen-bond acceptors (Lipinski definition) is 2. The predicted molar refractivity (Wildman–Crippen MR) is 72.5 cm³/mol. The third-order valence-corrected chi connectivity index (χ3v) is 3.78. The molecule has 0 aliphatic heterocycles. The average Bonchev–Trinajstić information content (AvgIpc) is 2.41. The first kappa shape index (κ1) is 15.2. The SMILES string of the molecule is Nc1ccc(C(COC2CCCCC2)C(F)(F)F)cc1. The van der Waals surface area contributed by atoms with E-state index in [9.17, 15) is 13.2 Å². The van der Waals surface area contributed by atoms with Gasteiger partial charge in [0.15, 0.2) is 0 Å². The van der Waals surface area contributed by atoms with Crippen LogP contribution in [0.2, 0.25) is 0 Å². The van der Waals surface area contributed by atoms with E-state index in [0.29, 0.717) is 5.69 Å². The molecule has 1 atom stereocenters. The van der Waals surface area contributed by atoms with Crippen molar-refractivity contribution in [2.75, 3.05) is 12.3 Å². The van der Waals surface area contributed by atoms with Gasteiger partial charge in [-0.15, -0.1) is 0 Å². The molecule has 1 aromatic carbocycles. The van der Waals surface area contributed by atoms with Crippen molar-refractivity contribution in [1.29, 1.82) is 0 Å². The molecule has 0 radical (unpaired) electrons. The van der Waals surface area contributed by atoms with E-state index >= 15 is 0 Å². The molecule has 2 rings (SSSR count). The zero-order valence-corrected chi connectivity index (χ0v) is 11.3. The van der Waals surface area contributed by atoms with Gasteiger partial charge in [-0.1, -0.05) is 31.4 Å². The maximum Gasteiger partial charge on any atom is 0.397 e. The third kappa shape index (κ3) is 4.13. The quantitative estimate of drug-likeness (QED) is 0.840. The monoisotopic (exact) mass is 287 g/mol. The minimum Gasteiger partial charge on any atom is -0.399 e. The fourth-order valence-electron chi connectivity index (χ4n) is 2.57. The Morgan fingerprint density at radius 1 is 1.10 bits per heavy atom. The molecule has 1 fully saturated rings. The lowest BCUT2D eigenvalue weighted by Crippen LogP contribution is -2.28. The molecule has 0 aromatic heterocycles. The molecular formula is C15H20F3NO. The summed E-state index contributed by atoms with van der Waals surface area (Å²) in [6, 6.07) is 5.85. The minimum absolute atomic E-state index is 0.0256. The van der Waals surface area contributed by atoms with Gasteiger partial charge in [-0.05, 0) is 30.5 Å². The number of hydrogen-bond donors (Lipinski definition) is 1. The van der Waals surface area contributed by atoms with Gasteiger partial charge < -0.3 is 10.5 Å². The van der Waals surface area contributed by atoms with Crippen molar-refractivity contribution >= 4 is 5.69 Å². The van der Waals surface area contributed by atoms with Crippen molar-refractivity contribution in [2.45, 2.75) is 50.3 Å². The lowest BCUT2D eigenvalue weighted by Gasteiger charge is -2.26. The van der Waals surface area contributed by atoms with Gasteiger partial charge in [-0.2, -0.15) is 13.2 Å². The summed E-state index contributed by atoms with van der Waals surface area (Å²) in [6.07, 6.45) is 0.651. The van der Waals surface area contributed by atoms with Gasteiger partial charge in [0.05, 0.1) is 12.7 Å². The number of anilines is 1. The number of halogens is 3. The number of rotatable bonds is 4. The number of nitrogen functional groups attached to an aromatic ring is 1. The number of nitrogens with two attached hydrogens (primary N) is 1. The second kappa shape index (κ2) is 6.48. The van der Waals surface area contributed by atoms with Crippen molar-refractivity contribution in [2.24, 2.45) is 0 Å². The number of alkyl halides is 3. The van der Waals surface area contributed by atoms with Gasteiger partial charge in [-0.25, -0.2) is 0 Å². The van der Waals surface area contributed by atoms with E-state index in [2.05, 4.69) is 0 Å². The lowest BCUT2D eigenvalue weighted by molar-refractivity contribution is -0.167. The average molecular weight is 287 g/mol. The summed E-state index contributed by atoms with van der Waals surface area (Å²) >= 11 is 0. The van der Waals surface area contributed by atoms with Crippen molar-refractivity contribution < 1.29 is 17.9 Å². The van der Waals surface area contributed by atoms with Crippen LogP contribution in [0.15, 0.2) is 24.3 Å². The van der Waals surface area contributed by atoms with Crippen LogP contribution in [0.5, 0.6) is 0 Å². The standard InChI is InChI=1S/C15H20F3NO/c16-15(17,18)14(11-6-8-12(19)9-7-11)10-20-13-4-2-1-3-5-13/h6-9,13-14H,1-5,10,19H2. The molecular weight excluding hydrogens is 267 g/mol. The van der Waals surface area contributed by atoms with Gasteiger partial charge in [0.25, 0.3) is 0 Å². The Labute approximate surface area is 117 Å². The molecule has 0 spiro atoms. The van der Waals surface area contributed by atoms with Gasteiger partial charge in [0.1, 0.15) is 5.92 Å². The van der Waals surface area contributed by atoms with Gasteiger partial charge in [0.2, 0.25) is 0 Å².